The summed E-state index contributed by atoms with van der Waals surface area (Å²) < 4.78 is 0. The molecule has 0 aromatic heterocycles. The van der Waals surface area contributed by atoms with E-state index in [-0.39, 0.29) is 0 Å². The molecule has 0 heterocycles. The minimum Gasteiger partial charge on any atom is -0.102 e. The Balaban J connectivity index is 4.69. The molecule has 62 valence electrons. The molecular weight excluding hydrogens is 144 g/mol. The second-order valence-corrected chi connectivity index (χ2v) is 2.30. The molecule has 0 spiro atoms. The van der Waals surface area contributed by atoms with Gasteiger partial charge in [-0.25, -0.2) is 0 Å². The molecule has 0 saturated carbocycles. The van der Waals surface area contributed by atoms with Crippen LogP contribution in [-0.2, 0) is 0 Å². The van der Waals surface area contributed by atoms with Crippen LogP contribution < -0.4 is 0 Å². The zero-order chi connectivity index (χ0) is 9.40. The first-order valence-corrected chi connectivity index (χ1v) is 3.94. The third-order valence-electron chi connectivity index (χ3n) is 1.41. The van der Waals surface area contributed by atoms with Gasteiger partial charge >= 0.3 is 0 Å². The lowest BCUT2D eigenvalue weighted by Crippen LogP contribution is -1.79. The average molecular weight is 158 g/mol. The Bertz CT molecular complexity index is 305. The molecule has 0 fully saturated rings. The Hall–Kier alpha value is -1.40. The molecule has 0 bridgehead atoms. The molecule has 0 radical (unpaired) electrons. The second kappa shape index (κ2) is 6.32. The molecular formula is C12H14. The maximum Gasteiger partial charge on any atom is 0.0238 e. The highest BCUT2D eigenvalue weighted by Crippen LogP contribution is 2.06. The highest BCUT2D eigenvalue weighted by molar-refractivity contribution is 5.46. The van der Waals surface area contributed by atoms with Crippen LogP contribution in [0.15, 0.2) is 23.3 Å². The van der Waals surface area contributed by atoms with Crippen molar-refractivity contribution < 1.29 is 0 Å². The van der Waals surface area contributed by atoms with Gasteiger partial charge in [0.2, 0.25) is 0 Å². The van der Waals surface area contributed by atoms with Crippen LogP contribution in [-0.4, -0.2) is 0 Å². The van der Waals surface area contributed by atoms with E-state index in [0.29, 0.717) is 0 Å². The van der Waals surface area contributed by atoms with Gasteiger partial charge in [0.25, 0.3) is 0 Å². The molecule has 0 aliphatic carbocycles. The van der Waals surface area contributed by atoms with Crippen LogP contribution in [0.4, 0.5) is 0 Å². The normalized spacial score (nSPS) is 11.0. The smallest absolute Gasteiger partial charge is 0.0238 e. The SMILES string of the molecule is CC#CC=C(C)/C(C#CC)=C/C. The summed E-state index contributed by atoms with van der Waals surface area (Å²) in [7, 11) is 0. The van der Waals surface area contributed by atoms with E-state index in [1.165, 1.54) is 0 Å². The van der Waals surface area contributed by atoms with Gasteiger partial charge in [-0.1, -0.05) is 17.9 Å². The lowest BCUT2D eigenvalue weighted by Gasteiger charge is -1.94. The Labute approximate surface area is 75.4 Å². The Kier molecular flexibility index (Phi) is 5.58. The molecule has 0 aliphatic rings. The molecule has 0 nitrogen and oxygen atoms in total. The Morgan fingerprint density at radius 3 is 2.25 bits per heavy atom. The fourth-order valence-electron chi connectivity index (χ4n) is 0.791. The predicted molar refractivity (Wildman–Crippen MR) is 54.4 cm³/mol. The molecule has 0 aromatic carbocycles. The number of hydrogen-bond acceptors (Lipinski definition) is 0. The summed E-state index contributed by atoms with van der Waals surface area (Å²) in [5.74, 6) is 11.6. The highest BCUT2D eigenvalue weighted by Gasteiger charge is 1.91. The molecule has 0 amide bonds. The van der Waals surface area contributed by atoms with Crippen molar-refractivity contribution >= 4 is 0 Å². The topological polar surface area (TPSA) is 0 Å². The largest absolute Gasteiger partial charge is 0.102 e. The van der Waals surface area contributed by atoms with Crippen LogP contribution in [0, 0.1) is 23.7 Å². The van der Waals surface area contributed by atoms with Crippen molar-refractivity contribution in [2.45, 2.75) is 27.7 Å². The van der Waals surface area contributed by atoms with Crippen LogP contribution in [0.5, 0.6) is 0 Å². The lowest BCUT2D eigenvalue weighted by atomic mass is 10.1. The molecule has 12 heavy (non-hydrogen) atoms. The zero-order valence-corrected chi connectivity index (χ0v) is 8.15. The van der Waals surface area contributed by atoms with Crippen LogP contribution in [0.25, 0.3) is 0 Å². The molecule has 0 atom stereocenters. The minimum atomic E-state index is 1.06. The van der Waals surface area contributed by atoms with E-state index in [0.717, 1.165) is 11.1 Å². The van der Waals surface area contributed by atoms with Crippen molar-refractivity contribution in [3.8, 4) is 23.7 Å². The first-order valence-electron chi connectivity index (χ1n) is 3.94. The summed E-state index contributed by atoms with van der Waals surface area (Å²) in [6.45, 7) is 7.66. The number of rotatable bonds is 1. The fraction of sp³-hybridized carbons (Fsp3) is 0.333. The van der Waals surface area contributed by atoms with Crippen LogP contribution >= 0.6 is 0 Å². The summed E-state index contributed by atoms with van der Waals surface area (Å²) in [6, 6.07) is 0. The monoisotopic (exact) mass is 158 g/mol. The van der Waals surface area contributed by atoms with E-state index < -0.39 is 0 Å². The van der Waals surface area contributed by atoms with Gasteiger partial charge < -0.3 is 0 Å². The van der Waals surface area contributed by atoms with Gasteiger partial charge in [0.15, 0.2) is 0 Å². The fourth-order valence-corrected chi connectivity index (χ4v) is 0.791. The molecule has 0 aromatic rings. The van der Waals surface area contributed by atoms with Crippen LogP contribution in [0.1, 0.15) is 27.7 Å². The predicted octanol–water partition coefficient (Wildman–Crippen LogP) is 2.93. The first-order chi connectivity index (χ1) is 5.76. The maximum absolute atomic E-state index is 3.02. The quantitative estimate of drug-likeness (QED) is 0.406. The van der Waals surface area contributed by atoms with Crippen molar-refractivity contribution in [2.24, 2.45) is 0 Å². The van der Waals surface area contributed by atoms with Gasteiger partial charge in [-0.05, 0) is 39.3 Å². The maximum atomic E-state index is 3.02. The summed E-state index contributed by atoms with van der Waals surface area (Å²) in [4.78, 5) is 0. The third kappa shape index (κ3) is 3.69. The summed E-state index contributed by atoms with van der Waals surface area (Å²) >= 11 is 0. The average Bonchev–Trinajstić information content (AvgIpc) is 2.10. The van der Waals surface area contributed by atoms with E-state index in [4.69, 9.17) is 0 Å². The van der Waals surface area contributed by atoms with E-state index in [2.05, 4.69) is 23.7 Å². The first kappa shape index (κ1) is 10.6. The standard InChI is InChI=1S/C12H14/c1-5-8-10-11(4)12(7-3)9-6-2/h7,10H,1-4H3/b11-10?,12-7+. The van der Waals surface area contributed by atoms with Crippen molar-refractivity contribution in [3.63, 3.8) is 0 Å². The van der Waals surface area contributed by atoms with Crippen molar-refractivity contribution in [1.29, 1.82) is 0 Å². The van der Waals surface area contributed by atoms with Crippen LogP contribution in [0.2, 0.25) is 0 Å². The third-order valence-corrected chi connectivity index (χ3v) is 1.41. The number of hydrogen-bond donors (Lipinski definition) is 0. The Morgan fingerprint density at radius 2 is 1.83 bits per heavy atom. The van der Waals surface area contributed by atoms with Crippen LogP contribution in [0.3, 0.4) is 0 Å². The van der Waals surface area contributed by atoms with Gasteiger partial charge in [0.1, 0.15) is 0 Å². The molecule has 0 aliphatic heterocycles. The summed E-state index contributed by atoms with van der Waals surface area (Å²) in [5, 5.41) is 0. The van der Waals surface area contributed by atoms with E-state index in [9.17, 15) is 0 Å². The van der Waals surface area contributed by atoms with E-state index in [1.54, 1.807) is 0 Å². The van der Waals surface area contributed by atoms with Crippen molar-refractivity contribution in [2.75, 3.05) is 0 Å². The van der Waals surface area contributed by atoms with Crippen molar-refractivity contribution in [1.82, 2.24) is 0 Å². The van der Waals surface area contributed by atoms with Gasteiger partial charge in [0, 0.05) is 5.57 Å². The second-order valence-electron chi connectivity index (χ2n) is 2.30. The molecule has 0 saturated heterocycles. The van der Waals surface area contributed by atoms with Gasteiger partial charge in [-0.2, -0.15) is 0 Å². The minimum absolute atomic E-state index is 1.06. The molecule has 0 rings (SSSR count). The lowest BCUT2D eigenvalue weighted by molar-refractivity contribution is 1.43. The van der Waals surface area contributed by atoms with E-state index in [1.807, 2.05) is 39.8 Å². The summed E-state index contributed by atoms with van der Waals surface area (Å²) in [6.07, 6.45) is 3.89. The van der Waals surface area contributed by atoms with Crippen molar-refractivity contribution in [3.05, 3.63) is 23.3 Å². The summed E-state index contributed by atoms with van der Waals surface area (Å²) in [5.41, 5.74) is 2.18. The molecule has 0 N–H and O–H groups in total. The number of allylic oxidation sites excluding steroid dienone is 4. The van der Waals surface area contributed by atoms with Gasteiger partial charge in [-0.15, -0.1) is 11.8 Å². The molecule has 0 heteroatoms. The molecule has 0 unspecified atom stereocenters. The van der Waals surface area contributed by atoms with E-state index >= 15 is 0 Å². The van der Waals surface area contributed by atoms with Gasteiger partial charge in [-0.3, -0.25) is 0 Å². The Morgan fingerprint density at radius 1 is 1.17 bits per heavy atom. The zero-order valence-electron chi connectivity index (χ0n) is 8.15. The highest BCUT2D eigenvalue weighted by atomic mass is 13.9. The van der Waals surface area contributed by atoms with Gasteiger partial charge in [0.05, 0.1) is 0 Å².